The highest BCUT2D eigenvalue weighted by molar-refractivity contribution is 6.59. The van der Waals surface area contributed by atoms with Gasteiger partial charge in [-0.1, -0.05) is 44.5 Å². The fourth-order valence-electron chi connectivity index (χ4n) is 1.87. The van der Waals surface area contributed by atoms with Gasteiger partial charge in [-0.3, -0.25) is 0 Å². The quantitative estimate of drug-likeness (QED) is 0.424. The second-order valence-electron chi connectivity index (χ2n) is 3.64. The lowest BCUT2D eigenvalue weighted by atomic mass is 9.42. The molecule has 0 aromatic rings. The van der Waals surface area contributed by atoms with E-state index in [9.17, 15) is 0 Å². The van der Waals surface area contributed by atoms with E-state index in [1.165, 1.54) is 38.2 Å². The highest BCUT2D eigenvalue weighted by atomic mass is 14.1. The van der Waals surface area contributed by atoms with Gasteiger partial charge in [0.2, 0.25) is 0 Å². The Hall–Kier alpha value is -0.195. The van der Waals surface area contributed by atoms with Crippen LogP contribution in [0.2, 0.25) is 19.0 Å². The molecule has 0 saturated heterocycles. The van der Waals surface area contributed by atoms with Gasteiger partial charge in [0.15, 0.2) is 0 Å². The normalized spacial score (nSPS) is 16.7. The molecule has 0 nitrogen and oxygen atoms in total. The second-order valence-corrected chi connectivity index (χ2v) is 3.64. The highest BCUT2D eigenvalue weighted by Gasteiger charge is 2.12. The van der Waals surface area contributed by atoms with Gasteiger partial charge >= 0.3 is 0 Å². The first-order valence-corrected chi connectivity index (χ1v) is 5.04. The molecule has 11 heavy (non-hydrogen) atoms. The fraction of sp³-hybridized carbons (Fsp3) is 0.800. The molecule has 0 unspecified atom stereocenters. The predicted octanol–water partition coefficient (Wildman–Crippen LogP) is 3.63. The van der Waals surface area contributed by atoms with Crippen LogP contribution in [-0.2, 0) is 0 Å². The maximum Gasteiger partial charge on any atom is 0.143 e. The minimum Gasteiger partial charge on any atom is -0.0860 e. The van der Waals surface area contributed by atoms with Crippen molar-refractivity contribution in [3.63, 3.8) is 0 Å². The van der Waals surface area contributed by atoms with E-state index in [1.807, 2.05) is 0 Å². The average molecular weight is 150 g/mol. The van der Waals surface area contributed by atoms with Gasteiger partial charge < -0.3 is 0 Å². The molecule has 0 atom stereocenters. The SMILES string of the molecule is CCB(CC)CC1=CCCC1. The molecule has 0 saturated carbocycles. The average Bonchev–Trinajstić information content (AvgIpc) is 2.52. The summed E-state index contributed by atoms with van der Waals surface area (Å²) in [7, 11) is 0. The first-order chi connectivity index (χ1) is 5.36. The molecular formula is C10H19B. The van der Waals surface area contributed by atoms with Crippen molar-refractivity contribution in [2.24, 2.45) is 0 Å². The summed E-state index contributed by atoms with van der Waals surface area (Å²) in [6, 6.07) is 0. The van der Waals surface area contributed by atoms with Crippen LogP contribution in [0.4, 0.5) is 0 Å². The molecule has 62 valence electrons. The zero-order chi connectivity index (χ0) is 8.10. The second kappa shape index (κ2) is 4.64. The number of rotatable bonds is 4. The summed E-state index contributed by atoms with van der Waals surface area (Å²) >= 11 is 0. The molecule has 1 aliphatic carbocycles. The van der Waals surface area contributed by atoms with E-state index in [1.54, 1.807) is 5.57 Å². The minimum absolute atomic E-state index is 0.958. The van der Waals surface area contributed by atoms with Crippen molar-refractivity contribution in [3.05, 3.63) is 11.6 Å². The van der Waals surface area contributed by atoms with Crippen LogP contribution >= 0.6 is 0 Å². The zero-order valence-corrected chi connectivity index (χ0v) is 7.90. The van der Waals surface area contributed by atoms with Crippen LogP contribution < -0.4 is 0 Å². The van der Waals surface area contributed by atoms with E-state index >= 15 is 0 Å². The summed E-state index contributed by atoms with van der Waals surface area (Å²) in [5.74, 6) is 0. The van der Waals surface area contributed by atoms with Crippen LogP contribution in [0.25, 0.3) is 0 Å². The molecule has 0 heterocycles. The molecule has 0 aromatic carbocycles. The summed E-state index contributed by atoms with van der Waals surface area (Å²) in [5, 5.41) is 0. The van der Waals surface area contributed by atoms with Gasteiger partial charge in [-0.2, -0.15) is 0 Å². The van der Waals surface area contributed by atoms with Crippen molar-refractivity contribution < 1.29 is 0 Å². The van der Waals surface area contributed by atoms with Gasteiger partial charge in [-0.05, 0) is 19.3 Å². The first kappa shape index (κ1) is 8.90. The molecule has 0 spiro atoms. The van der Waals surface area contributed by atoms with Crippen LogP contribution in [0.1, 0.15) is 33.1 Å². The van der Waals surface area contributed by atoms with E-state index in [-0.39, 0.29) is 0 Å². The predicted molar refractivity (Wildman–Crippen MR) is 53.5 cm³/mol. The van der Waals surface area contributed by atoms with Gasteiger partial charge in [0.05, 0.1) is 0 Å². The summed E-state index contributed by atoms with van der Waals surface area (Å²) in [6.07, 6.45) is 10.7. The van der Waals surface area contributed by atoms with Crippen LogP contribution in [-0.4, -0.2) is 6.71 Å². The molecule has 0 radical (unpaired) electrons. The van der Waals surface area contributed by atoms with Crippen molar-refractivity contribution in [2.75, 3.05) is 0 Å². The van der Waals surface area contributed by atoms with Crippen molar-refractivity contribution in [1.29, 1.82) is 0 Å². The molecule has 0 amide bonds. The summed E-state index contributed by atoms with van der Waals surface area (Å²) in [5.41, 5.74) is 1.73. The molecule has 0 aliphatic heterocycles. The maximum absolute atomic E-state index is 2.46. The smallest absolute Gasteiger partial charge is 0.0860 e. The Morgan fingerprint density at radius 2 is 2.09 bits per heavy atom. The van der Waals surface area contributed by atoms with Crippen molar-refractivity contribution in [2.45, 2.75) is 52.1 Å². The van der Waals surface area contributed by atoms with Crippen molar-refractivity contribution in [1.82, 2.24) is 0 Å². The topological polar surface area (TPSA) is 0 Å². The van der Waals surface area contributed by atoms with E-state index in [4.69, 9.17) is 0 Å². The van der Waals surface area contributed by atoms with Crippen LogP contribution in [0.3, 0.4) is 0 Å². The van der Waals surface area contributed by atoms with Gasteiger partial charge in [-0.15, -0.1) is 0 Å². The van der Waals surface area contributed by atoms with E-state index in [2.05, 4.69) is 19.9 Å². The van der Waals surface area contributed by atoms with E-state index in [0.29, 0.717) is 0 Å². The molecule has 0 fully saturated rings. The third kappa shape index (κ3) is 2.73. The Labute approximate surface area is 71.2 Å². The molecule has 0 bridgehead atoms. The summed E-state index contributed by atoms with van der Waals surface area (Å²) < 4.78 is 0. The van der Waals surface area contributed by atoms with Gasteiger partial charge in [0.1, 0.15) is 6.71 Å². The third-order valence-electron chi connectivity index (χ3n) is 2.84. The Balaban J connectivity index is 2.27. The monoisotopic (exact) mass is 150 g/mol. The standard InChI is InChI=1S/C10H19B/c1-3-11(4-2)9-10-7-5-6-8-10/h7H,3-6,8-9H2,1-2H3. The first-order valence-electron chi connectivity index (χ1n) is 5.04. The zero-order valence-electron chi connectivity index (χ0n) is 7.90. The fourth-order valence-corrected chi connectivity index (χ4v) is 1.87. The largest absolute Gasteiger partial charge is 0.143 e. The Morgan fingerprint density at radius 1 is 1.36 bits per heavy atom. The lowest BCUT2D eigenvalue weighted by molar-refractivity contribution is 0.904. The van der Waals surface area contributed by atoms with Crippen LogP contribution in [0.5, 0.6) is 0 Å². The maximum atomic E-state index is 2.46. The molecule has 1 rings (SSSR count). The molecule has 1 heteroatoms. The molecule has 0 N–H and O–H groups in total. The number of hydrogen-bond acceptors (Lipinski definition) is 0. The lowest BCUT2D eigenvalue weighted by Crippen LogP contribution is -2.08. The molecule has 1 aliphatic rings. The van der Waals surface area contributed by atoms with Gasteiger partial charge in [-0.25, -0.2) is 0 Å². The molecular weight excluding hydrogens is 131 g/mol. The van der Waals surface area contributed by atoms with Crippen molar-refractivity contribution in [3.8, 4) is 0 Å². The van der Waals surface area contributed by atoms with Gasteiger partial charge in [0, 0.05) is 0 Å². The van der Waals surface area contributed by atoms with E-state index < -0.39 is 0 Å². The van der Waals surface area contributed by atoms with Gasteiger partial charge in [0.25, 0.3) is 0 Å². The van der Waals surface area contributed by atoms with E-state index in [0.717, 1.165) is 6.71 Å². The Morgan fingerprint density at radius 3 is 2.55 bits per heavy atom. The number of allylic oxidation sites excluding steroid dienone is 2. The number of hydrogen-bond donors (Lipinski definition) is 0. The van der Waals surface area contributed by atoms with Crippen LogP contribution in [0, 0.1) is 0 Å². The molecule has 0 aromatic heterocycles. The van der Waals surface area contributed by atoms with Crippen molar-refractivity contribution >= 4 is 6.71 Å². The highest BCUT2D eigenvalue weighted by Crippen LogP contribution is 2.24. The summed E-state index contributed by atoms with van der Waals surface area (Å²) in [6.45, 7) is 5.58. The lowest BCUT2D eigenvalue weighted by Gasteiger charge is -2.08. The minimum atomic E-state index is 0.958. The Bertz CT molecular complexity index is 134. The third-order valence-corrected chi connectivity index (χ3v) is 2.84. The van der Waals surface area contributed by atoms with Crippen LogP contribution in [0.15, 0.2) is 11.6 Å². The summed E-state index contributed by atoms with van der Waals surface area (Å²) in [4.78, 5) is 0. The Kier molecular flexibility index (Phi) is 3.75.